The Labute approximate surface area is 114 Å². The van der Waals surface area contributed by atoms with Gasteiger partial charge in [0.25, 0.3) is 5.56 Å². The lowest BCUT2D eigenvalue weighted by Crippen LogP contribution is -2.21. The maximum absolute atomic E-state index is 11.6. The standard InChI is InChI=1S/C12H14N4O4/c1-20-8-9-11(12(18)19)13-14-16(9)7-6-15-5-3-2-4-10(15)17/h2-5H,6-8H2,1H3,(H,18,19). The number of aromatic nitrogens is 4. The zero-order valence-corrected chi connectivity index (χ0v) is 10.9. The van der Waals surface area contributed by atoms with Gasteiger partial charge in [0.1, 0.15) is 0 Å². The van der Waals surface area contributed by atoms with Crippen LogP contribution < -0.4 is 5.56 Å². The summed E-state index contributed by atoms with van der Waals surface area (Å²) in [5, 5.41) is 16.4. The Hall–Kier alpha value is -2.48. The van der Waals surface area contributed by atoms with Crippen molar-refractivity contribution in [3.05, 3.63) is 46.1 Å². The number of carboxylic acids is 1. The van der Waals surface area contributed by atoms with Crippen LogP contribution in [0, 0.1) is 0 Å². The van der Waals surface area contributed by atoms with Crippen LogP contribution in [0.3, 0.4) is 0 Å². The van der Waals surface area contributed by atoms with E-state index in [0.717, 1.165) is 0 Å². The van der Waals surface area contributed by atoms with Crippen molar-refractivity contribution in [1.29, 1.82) is 0 Å². The maximum Gasteiger partial charge on any atom is 0.358 e. The molecule has 2 aromatic heterocycles. The number of rotatable bonds is 6. The van der Waals surface area contributed by atoms with E-state index in [1.54, 1.807) is 18.3 Å². The zero-order chi connectivity index (χ0) is 14.5. The predicted octanol–water partition coefficient (Wildman–Crippen LogP) is -0.0154. The van der Waals surface area contributed by atoms with E-state index in [9.17, 15) is 9.59 Å². The average Bonchev–Trinajstić information content (AvgIpc) is 2.82. The fraction of sp³-hybridized carbons (Fsp3) is 0.333. The summed E-state index contributed by atoms with van der Waals surface area (Å²) in [6.45, 7) is 0.806. The number of carboxylic acid groups (broad SMARTS) is 1. The number of carbonyl (C=O) groups is 1. The van der Waals surface area contributed by atoms with E-state index in [0.29, 0.717) is 18.8 Å². The molecule has 8 nitrogen and oxygen atoms in total. The summed E-state index contributed by atoms with van der Waals surface area (Å²) in [4.78, 5) is 22.6. The van der Waals surface area contributed by atoms with Gasteiger partial charge >= 0.3 is 5.97 Å². The molecule has 0 unspecified atom stereocenters. The first-order chi connectivity index (χ1) is 9.63. The highest BCUT2D eigenvalue weighted by Crippen LogP contribution is 2.07. The molecule has 0 atom stereocenters. The minimum absolute atomic E-state index is 0.0956. The second-order valence-corrected chi connectivity index (χ2v) is 4.08. The Morgan fingerprint density at radius 2 is 2.20 bits per heavy atom. The number of ether oxygens (including phenoxy) is 1. The molecule has 0 aliphatic carbocycles. The van der Waals surface area contributed by atoms with Gasteiger partial charge in [0, 0.05) is 25.9 Å². The first kappa shape index (κ1) is 13.9. The van der Waals surface area contributed by atoms with Gasteiger partial charge in [0.05, 0.1) is 18.8 Å². The van der Waals surface area contributed by atoms with Gasteiger partial charge in [-0.15, -0.1) is 5.10 Å². The van der Waals surface area contributed by atoms with E-state index in [4.69, 9.17) is 9.84 Å². The molecule has 0 bridgehead atoms. The minimum Gasteiger partial charge on any atom is -0.476 e. The lowest BCUT2D eigenvalue weighted by Gasteiger charge is -2.08. The van der Waals surface area contributed by atoms with Gasteiger partial charge in [0.2, 0.25) is 0 Å². The second kappa shape index (κ2) is 6.11. The molecule has 0 aromatic carbocycles. The number of methoxy groups -OCH3 is 1. The molecule has 0 radical (unpaired) electrons. The van der Waals surface area contributed by atoms with Crippen LogP contribution in [0.15, 0.2) is 29.2 Å². The Kier molecular flexibility index (Phi) is 4.26. The van der Waals surface area contributed by atoms with Crippen LogP contribution in [-0.4, -0.2) is 37.7 Å². The molecule has 0 aliphatic rings. The molecule has 106 valence electrons. The van der Waals surface area contributed by atoms with Crippen LogP contribution in [-0.2, 0) is 24.4 Å². The van der Waals surface area contributed by atoms with Crippen LogP contribution in [0.1, 0.15) is 16.2 Å². The fourth-order valence-electron chi connectivity index (χ4n) is 1.81. The lowest BCUT2D eigenvalue weighted by molar-refractivity contribution is 0.0684. The van der Waals surface area contributed by atoms with E-state index in [1.165, 1.54) is 22.4 Å². The van der Waals surface area contributed by atoms with E-state index >= 15 is 0 Å². The summed E-state index contributed by atoms with van der Waals surface area (Å²) in [6, 6.07) is 4.87. The van der Waals surface area contributed by atoms with Crippen molar-refractivity contribution >= 4 is 5.97 Å². The number of aromatic carboxylic acids is 1. The summed E-state index contributed by atoms with van der Waals surface area (Å²) < 4.78 is 7.91. The third-order valence-electron chi connectivity index (χ3n) is 2.77. The van der Waals surface area contributed by atoms with Crippen molar-refractivity contribution in [2.45, 2.75) is 19.7 Å². The van der Waals surface area contributed by atoms with E-state index in [-0.39, 0.29) is 17.9 Å². The number of aryl methyl sites for hydroxylation is 2. The summed E-state index contributed by atoms with van der Waals surface area (Å²) >= 11 is 0. The molecule has 0 aliphatic heterocycles. The number of pyridine rings is 1. The average molecular weight is 278 g/mol. The van der Waals surface area contributed by atoms with Crippen molar-refractivity contribution in [1.82, 2.24) is 19.6 Å². The quantitative estimate of drug-likeness (QED) is 0.797. The molecule has 1 N–H and O–H groups in total. The van der Waals surface area contributed by atoms with Crippen LogP contribution in [0.25, 0.3) is 0 Å². The van der Waals surface area contributed by atoms with Crippen LogP contribution in [0.5, 0.6) is 0 Å². The van der Waals surface area contributed by atoms with Gasteiger partial charge in [-0.05, 0) is 6.07 Å². The molecule has 20 heavy (non-hydrogen) atoms. The topological polar surface area (TPSA) is 99.2 Å². The second-order valence-electron chi connectivity index (χ2n) is 4.08. The third kappa shape index (κ3) is 2.91. The van der Waals surface area contributed by atoms with E-state index in [1.807, 2.05) is 0 Å². The molecule has 2 aromatic rings. The Balaban J connectivity index is 2.19. The summed E-state index contributed by atoms with van der Waals surface area (Å²) in [7, 11) is 1.46. The molecule has 2 rings (SSSR count). The van der Waals surface area contributed by atoms with Gasteiger partial charge in [-0.3, -0.25) is 4.79 Å². The highest BCUT2D eigenvalue weighted by Gasteiger charge is 2.18. The SMILES string of the molecule is COCc1c(C(=O)O)nnn1CCn1ccccc1=O. The molecule has 0 saturated carbocycles. The maximum atomic E-state index is 11.6. The molecule has 0 fully saturated rings. The Morgan fingerprint density at radius 3 is 2.85 bits per heavy atom. The van der Waals surface area contributed by atoms with Crippen LogP contribution in [0.4, 0.5) is 0 Å². The van der Waals surface area contributed by atoms with Gasteiger partial charge in [-0.1, -0.05) is 11.3 Å². The van der Waals surface area contributed by atoms with Crippen LogP contribution >= 0.6 is 0 Å². The number of hydrogen-bond acceptors (Lipinski definition) is 5. The van der Waals surface area contributed by atoms with Gasteiger partial charge in [0.15, 0.2) is 5.69 Å². The van der Waals surface area contributed by atoms with E-state index < -0.39 is 5.97 Å². The van der Waals surface area contributed by atoms with Crippen molar-refractivity contribution < 1.29 is 14.6 Å². The van der Waals surface area contributed by atoms with Gasteiger partial charge in [-0.2, -0.15) is 0 Å². The minimum atomic E-state index is -1.15. The molecular weight excluding hydrogens is 264 g/mol. The van der Waals surface area contributed by atoms with E-state index in [2.05, 4.69) is 10.3 Å². The van der Waals surface area contributed by atoms with Crippen molar-refractivity contribution in [2.75, 3.05) is 7.11 Å². The predicted molar refractivity (Wildman–Crippen MR) is 68.4 cm³/mol. The fourth-order valence-corrected chi connectivity index (χ4v) is 1.81. The Bertz CT molecular complexity index is 661. The Morgan fingerprint density at radius 1 is 1.40 bits per heavy atom. The number of hydrogen-bond donors (Lipinski definition) is 1. The molecule has 2 heterocycles. The summed E-state index contributed by atoms with van der Waals surface area (Å²) in [6.07, 6.45) is 1.66. The molecule has 0 spiro atoms. The van der Waals surface area contributed by atoms with Crippen LogP contribution in [0.2, 0.25) is 0 Å². The van der Waals surface area contributed by atoms with Crippen molar-refractivity contribution in [3.8, 4) is 0 Å². The molecule has 0 saturated heterocycles. The zero-order valence-electron chi connectivity index (χ0n) is 10.9. The van der Waals surface area contributed by atoms with Crippen molar-refractivity contribution in [2.24, 2.45) is 0 Å². The lowest BCUT2D eigenvalue weighted by atomic mass is 10.3. The molecule has 0 amide bonds. The van der Waals surface area contributed by atoms with Crippen molar-refractivity contribution in [3.63, 3.8) is 0 Å². The largest absolute Gasteiger partial charge is 0.476 e. The third-order valence-corrected chi connectivity index (χ3v) is 2.77. The summed E-state index contributed by atoms with van der Waals surface area (Å²) in [5.41, 5.74) is 0.121. The summed E-state index contributed by atoms with van der Waals surface area (Å²) in [5.74, 6) is -1.15. The van der Waals surface area contributed by atoms with Gasteiger partial charge in [-0.25, -0.2) is 9.48 Å². The highest BCUT2D eigenvalue weighted by molar-refractivity contribution is 5.86. The first-order valence-corrected chi connectivity index (χ1v) is 5.93. The normalized spacial score (nSPS) is 10.7. The molecule has 8 heteroatoms. The molecular formula is C12H14N4O4. The van der Waals surface area contributed by atoms with Gasteiger partial charge < -0.3 is 14.4 Å². The number of nitrogens with zero attached hydrogens (tertiary/aromatic N) is 4. The first-order valence-electron chi connectivity index (χ1n) is 5.93. The monoisotopic (exact) mass is 278 g/mol. The highest BCUT2D eigenvalue weighted by atomic mass is 16.5. The smallest absolute Gasteiger partial charge is 0.358 e.